The Morgan fingerprint density at radius 3 is 1.90 bits per heavy atom. The SMILES string of the molecule is N=C1C=CC(C(c2ccccc2)c2ccccc2)OC1. The van der Waals surface area contributed by atoms with E-state index in [0.29, 0.717) is 12.3 Å². The van der Waals surface area contributed by atoms with E-state index < -0.39 is 0 Å². The van der Waals surface area contributed by atoms with Gasteiger partial charge in [0.25, 0.3) is 0 Å². The van der Waals surface area contributed by atoms with Crippen LogP contribution in [0, 0.1) is 5.41 Å². The summed E-state index contributed by atoms with van der Waals surface area (Å²) in [6.45, 7) is 0.386. The summed E-state index contributed by atoms with van der Waals surface area (Å²) in [5, 5.41) is 7.62. The van der Waals surface area contributed by atoms with Crippen LogP contribution in [0.15, 0.2) is 72.8 Å². The molecule has 3 rings (SSSR count). The Morgan fingerprint density at radius 2 is 1.45 bits per heavy atom. The minimum absolute atomic E-state index is 0.0195. The van der Waals surface area contributed by atoms with Gasteiger partial charge in [-0.15, -0.1) is 0 Å². The molecular weight excluding hydrogens is 246 g/mol. The standard InChI is InChI=1S/C18H17NO/c19-16-11-12-17(20-13-16)18(14-7-3-1-4-8-14)15-9-5-2-6-10-15/h1-12,17-19H,13H2. The fourth-order valence-corrected chi connectivity index (χ4v) is 2.60. The van der Waals surface area contributed by atoms with Crippen LogP contribution < -0.4 is 0 Å². The molecule has 100 valence electrons. The largest absolute Gasteiger partial charge is 0.367 e. The van der Waals surface area contributed by atoms with E-state index in [2.05, 4.69) is 48.5 Å². The van der Waals surface area contributed by atoms with Crippen LogP contribution >= 0.6 is 0 Å². The van der Waals surface area contributed by atoms with E-state index >= 15 is 0 Å². The van der Waals surface area contributed by atoms with Gasteiger partial charge in [0.15, 0.2) is 0 Å². The predicted molar refractivity (Wildman–Crippen MR) is 81.3 cm³/mol. The van der Waals surface area contributed by atoms with Crippen molar-refractivity contribution in [1.82, 2.24) is 0 Å². The molecule has 1 aliphatic rings. The smallest absolute Gasteiger partial charge is 0.0889 e. The number of benzene rings is 2. The molecule has 0 saturated heterocycles. The number of ether oxygens (including phenoxy) is 1. The summed E-state index contributed by atoms with van der Waals surface area (Å²) in [4.78, 5) is 0. The number of hydrogen-bond acceptors (Lipinski definition) is 2. The lowest BCUT2D eigenvalue weighted by molar-refractivity contribution is 0.101. The van der Waals surface area contributed by atoms with Gasteiger partial charge in [0.05, 0.1) is 18.4 Å². The lowest BCUT2D eigenvalue weighted by atomic mass is 9.85. The van der Waals surface area contributed by atoms with Crippen LogP contribution in [-0.4, -0.2) is 18.4 Å². The van der Waals surface area contributed by atoms with E-state index in [1.807, 2.05) is 24.3 Å². The van der Waals surface area contributed by atoms with Gasteiger partial charge in [0, 0.05) is 5.92 Å². The molecule has 2 aromatic carbocycles. The molecule has 0 saturated carbocycles. The Kier molecular flexibility index (Phi) is 3.75. The van der Waals surface area contributed by atoms with Gasteiger partial charge in [0.1, 0.15) is 0 Å². The molecule has 1 aliphatic heterocycles. The second kappa shape index (κ2) is 5.85. The van der Waals surface area contributed by atoms with Crippen LogP contribution in [0.25, 0.3) is 0 Å². The summed E-state index contributed by atoms with van der Waals surface area (Å²) < 4.78 is 5.85. The summed E-state index contributed by atoms with van der Waals surface area (Å²) in [6, 6.07) is 20.8. The first kappa shape index (κ1) is 12.8. The van der Waals surface area contributed by atoms with Gasteiger partial charge in [-0.1, -0.05) is 66.7 Å². The average molecular weight is 263 g/mol. The Bertz CT molecular complexity index is 564. The van der Waals surface area contributed by atoms with Crippen molar-refractivity contribution in [1.29, 1.82) is 5.41 Å². The highest BCUT2D eigenvalue weighted by Gasteiger charge is 2.25. The molecule has 2 heteroatoms. The highest BCUT2D eigenvalue weighted by molar-refractivity contribution is 5.94. The fraction of sp³-hybridized carbons (Fsp3) is 0.167. The van der Waals surface area contributed by atoms with E-state index in [-0.39, 0.29) is 12.0 Å². The number of hydrogen-bond donors (Lipinski definition) is 1. The lowest BCUT2D eigenvalue weighted by Gasteiger charge is -2.28. The van der Waals surface area contributed by atoms with Gasteiger partial charge in [-0.25, -0.2) is 0 Å². The second-order valence-corrected chi connectivity index (χ2v) is 4.96. The van der Waals surface area contributed by atoms with E-state index in [9.17, 15) is 0 Å². The third kappa shape index (κ3) is 2.70. The summed E-state index contributed by atoms with van der Waals surface area (Å²) in [5.41, 5.74) is 3.00. The van der Waals surface area contributed by atoms with E-state index in [4.69, 9.17) is 10.1 Å². The van der Waals surface area contributed by atoms with Crippen molar-refractivity contribution in [2.45, 2.75) is 12.0 Å². The molecule has 0 aliphatic carbocycles. The maximum atomic E-state index is 7.62. The molecule has 2 aromatic rings. The molecule has 0 fully saturated rings. The van der Waals surface area contributed by atoms with Crippen molar-refractivity contribution in [3.05, 3.63) is 83.9 Å². The summed E-state index contributed by atoms with van der Waals surface area (Å²) in [7, 11) is 0. The van der Waals surface area contributed by atoms with Crippen LogP contribution in [0.1, 0.15) is 17.0 Å². The third-order valence-electron chi connectivity index (χ3n) is 3.56. The highest BCUT2D eigenvalue weighted by atomic mass is 16.5. The fourth-order valence-electron chi connectivity index (χ4n) is 2.60. The zero-order valence-electron chi connectivity index (χ0n) is 11.2. The summed E-state index contributed by atoms with van der Waals surface area (Å²) >= 11 is 0. The molecule has 0 radical (unpaired) electrons. The summed E-state index contributed by atoms with van der Waals surface area (Å²) in [5.74, 6) is 0.168. The average Bonchev–Trinajstić information content (AvgIpc) is 2.52. The minimum Gasteiger partial charge on any atom is -0.367 e. The number of rotatable bonds is 3. The molecular formula is C18H17NO. The van der Waals surface area contributed by atoms with Crippen molar-refractivity contribution in [2.75, 3.05) is 6.61 Å². The highest BCUT2D eigenvalue weighted by Crippen LogP contribution is 2.31. The maximum absolute atomic E-state index is 7.62. The van der Waals surface area contributed by atoms with Gasteiger partial charge < -0.3 is 10.1 Å². The molecule has 1 heterocycles. The second-order valence-electron chi connectivity index (χ2n) is 4.96. The van der Waals surface area contributed by atoms with E-state index in [1.165, 1.54) is 11.1 Å². The molecule has 0 aromatic heterocycles. The molecule has 0 amide bonds. The molecule has 0 spiro atoms. The van der Waals surface area contributed by atoms with Crippen molar-refractivity contribution in [3.63, 3.8) is 0 Å². The zero-order chi connectivity index (χ0) is 13.8. The lowest BCUT2D eigenvalue weighted by Crippen LogP contribution is -2.27. The van der Waals surface area contributed by atoms with Crippen LogP contribution in [0.3, 0.4) is 0 Å². The van der Waals surface area contributed by atoms with E-state index in [0.717, 1.165) is 0 Å². The number of nitrogens with one attached hydrogen (secondary N) is 1. The predicted octanol–water partition coefficient (Wildman–Crippen LogP) is 3.79. The van der Waals surface area contributed by atoms with Crippen LogP contribution in [-0.2, 0) is 4.74 Å². The molecule has 0 bridgehead atoms. The Morgan fingerprint density at radius 1 is 0.900 bits per heavy atom. The van der Waals surface area contributed by atoms with Crippen LogP contribution in [0.5, 0.6) is 0 Å². The van der Waals surface area contributed by atoms with Crippen LogP contribution in [0.2, 0.25) is 0 Å². The van der Waals surface area contributed by atoms with Gasteiger partial charge in [-0.3, -0.25) is 0 Å². The van der Waals surface area contributed by atoms with Gasteiger partial charge in [-0.2, -0.15) is 0 Å². The zero-order valence-corrected chi connectivity index (χ0v) is 11.2. The topological polar surface area (TPSA) is 33.1 Å². The van der Waals surface area contributed by atoms with Gasteiger partial charge in [-0.05, 0) is 17.2 Å². The van der Waals surface area contributed by atoms with E-state index in [1.54, 1.807) is 0 Å². The van der Waals surface area contributed by atoms with Crippen molar-refractivity contribution >= 4 is 5.71 Å². The van der Waals surface area contributed by atoms with Gasteiger partial charge >= 0.3 is 0 Å². The third-order valence-corrected chi connectivity index (χ3v) is 3.56. The first-order chi connectivity index (χ1) is 9.84. The van der Waals surface area contributed by atoms with Crippen molar-refractivity contribution in [3.8, 4) is 0 Å². The van der Waals surface area contributed by atoms with Gasteiger partial charge in [0.2, 0.25) is 0 Å². The Labute approximate surface area is 119 Å². The maximum Gasteiger partial charge on any atom is 0.0889 e. The molecule has 1 unspecified atom stereocenters. The molecule has 1 N–H and O–H groups in total. The van der Waals surface area contributed by atoms with Crippen LogP contribution in [0.4, 0.5) is 0 Å². The Balaban J connectivity index is 2.00. The summed E-state index contributed by atoms with van der Waals surface area (Å²) in [6.07, 6.45) is 3.83. The van der Waals surface area contributed by atoms with Crippen molar-refractivity contribution < 1.29 is 4.74 Å². The first-order valence-electron chi connectivity index (χ1n) is 6.82. The molecule has 2 nitrogen and oxygen atoms in total. The molecule has 1 atom stereocenters. The quantitative estimate of drug-likeness (QED) is 0.897. The monoisotopic (exact) mass is 263 g/mol. The normalized spacial score (nSPS) is 18.4. The Hall–Kier alpha value is -2.19. The minimum atomic E-state index is -0.0195. The molecule has 20 heavy (non-hydrogen) atoms. The first-order valence-corrected chi connectivity index (χ1v) is 6.82. The van der Waals surface area contributed by atoms with Crippen molar-refractivity contribution in [2.24, 2.45) is 0 Å².